The van der Waals surface area contributed by atoms with Crippen molar-refractivity contribution >= 4 is 5.69 Å². The smallest absolute Gasteiger partial charge is 0.141 e. The third kappa shape index (κ3) is 2.37. The first-order chi connectivity index (χ1) is 7.75. The summed E-state index contributed by atoms with van der Waals surface area (Å²) in [6.45, 7) is 0. The number of anilines is 1. The van der Waals surface area contributed by atoms with Crippen LogP contribution in [0.15, 0.2) is 42.6 Å². The minimum absolute atomic E-state index is 0.371. The molecule has 2 rings (SSSR count). The zero-order valence-electron chi connectivity index (χ0n) is 8.44. The summed E-state index contributed by atoms with van der Waals surface area (Å²) in [6.07, 6.45) is 1.14. The molecule has 1 aromatic heterocycles. The van der Waals surface area contributed by atoms with Crippen LogP contribution in [0.1, 0.15) is 11.3 Å². The Hall–Kier alpha value is -2.34. The van der Waals surface area contributed by atoms with E-state index in [0.717, 1.165) is 11.8 Å². The summed E-state index contributed by atoms with van der Waals surface area (Å²) in [4.78, 5) is 3.83. The van der Waals surface area contributed by atoms with Gasteiger partial charge in [-0.25, -0.2) is 9.37 Å². The third-order valence-electron chi connectivity index (χ3n) is 2.01. The predicted octanol–water partition coefficient (Wildman–Crippen LogP) is 2.20. The Balaban J connectivity index is 2.29. The number of hydrogen-bond acceptors (Lipinski definition) is 2. The molecule has 78 valence electrons. The molecule has 1 heterocycles. The standard InChI is InChI=1S/C13H9FN2/c14-11-6-8-12(16-9-11)7-5-10-3-1-2-4-13(10)15/h1-4,6,8-9H,15H2. The highest BCUT2D eigenvalue weighted by atomic mass is 19.1. The molecule has 0 unspecified atom stereocenters. The van der Waals surface area contributed by atoms with E-state index in [0.29, 0.717) is 11.4 Å². The van der Waals surface area contributed by atoms with Crippen LogP contribution < -0.4 is 5.73 Å². The Bertz CT molecular complexity index is 550. The Morgan fingerprint density at radius 3 is 2.56 bits per heavy atom. The number of rotatable bonds is 0. The monoisotopic (exact) mass is 212 g/mol. The van der Waals surface area contributed by atoms with E-state index in [2.05, 4.69) is 16.8 Å². The van der Waals surface area contributed by atoms with Crippen molar-refractivity contribution in [3.05, 3.63) is 59.7 Å². The largest absolute Gasteiger partial charge is 0.398 e. The number of para-hydroxylation sites is 1. The fraction of sp³-hybridized carbons (Fsp3) is 0. The second-order valence-electron chi connectivity index (χ2n) is 3.20. The normalized spacial score (nSPS) is 9.31. The quantitative estimate of drug-likeness (QED) is 0.537. The summed E-state index contributed by atoms with van der Waals surface area (Å²) in [5, 5.41) is 0. The zero-order chi connectivity index (χ0) is 11.4. The first-order valence-electron chi connectivity index (χ1n) is 4.74. The number of nitrogen functional groups attached to an aromatic ring is 1. The molecule has 0 atom stereocenters. The van der Waals surface area contributed by atoms with E-state index in [1.165, 1.54) is 12.1 Å². The van der Waals surface area contributed by atoms with Gasteiger partial charge in [-0.3, -0.25) is 0 Å². The molecule has 16 heavy (non-hydrogen) atoms. The van der Waals surface area contributed by atoms with Crippen LogP contribution in [0.5, 0.6) is 0 Å². The summed E-state index contributed by atoms with van der Waals surface area (Å²) in [5.74, 6) is 5.34. The van der Waals surface area contributed by atoms with Crippen molar-refractivity contribution in [2.24, 2.45) is 0 Å². The van der Waals surface area contributed by atoms with Crippen LogP contribution in [0, 0.1) is 17.7 Å². The highest BCUT2D eigenvalue weighted by Gasteiger charge is 1.93. The predicted molar refractivity (Wildman–Crippen MR) is 61.0 cm³/mol. The van der Waals surface area contributed by atoms with Crippen LogP contribution in [0.2, 0.25) is 0 Å². The molecule has 1 aromatic carbocycles. The van der Waals surface area contributed by atoms with Crippen LogP contribution in [0.25, 0.3) is 0 Å². The maximum absolute atomic E-state index is 12.6. The van der Waals surface area contributed by atoms with E-state index in [1.807, 2.05) is 18.2 Å². The van der Waals surface area contributed by atoms with E-state index >= 15 is 0 Å². The maximum Gasteiger partial charge on any atom is 0.141 e. The van der Waals surface area contributed by atoms with Gasteiger partial charge in [0.05, 0.1) is 6.20 Å². The lowest BCUT2D eigenvalue weighted by atomic mass is 10.2. The molecule has 0 aliphatic heterocycles. The summed E-state index contributed by atoms with van der Waals surface area (Å²) >= 11 is 0. The first-order valence-corrected chi connectivity index (χ1v) is 4.74. The molecular formula is C13H9FN2. The van der Waals surface area contributed by atoms with E-state index in [1.54, 1.807) is 6.07 Å². The third-order valence-corrected chi connectivity index (χ3v) is 2.01. The zero-order valence-corrected chi connectivity index (χ0v) is 8.44. The number of pyridine rings is 1. The topological polar surface area (TPSA) is 38.9 Å². The Labute approximate surface area is 92.9 Å². The van der Waals surface area contributed by atoms with Gasteiger partial charge >= 0.3 is 0 Å². The average molecular weight is 212 g/mol. The van der Waals surface area contributed by atoms with Gasteiger partial charge in [0.1, 0.15) is 11.5 Å². The SMILES string of the molecule is Nc1ccccc1C#Cc1ccc(F)cn1. The van der Waals surface area contributed by atoms with Gasteiger partial charge in [-0.15, -0.1) is 0 Å². The fourth-order valence-corrected chi connectivity index (χ4v) is 1.19. The maximum atomic E-state index is 12.6. The van der Waals surface area contributed by atoms with Crippen LogP contribution in [0.3, 0.4) is 0 Å². The lowest BCUT2D eigenvalue weighted by Crippen LogP contribution is -1.89. The Morgan fingerprint density at radius 1 is 1.06 bits per heavy atom. The molecule has 0 aliphatic carbocycles. The van der Waals surface area contributed by atoms with Crippen molar-refractivity contribution in [3.8, 4) is 11.8 Å². The molecule has 0 amide bonds. The van der Waals surface area contributed by atoms with Gasteiger partial charge in [-0.05, 0) is 30.2 Å². The van der Waals surface area contributed by atoms with Gasteiger partial charge in [0.25, 0.3) is 0 Å². The number of aromatic nitrogens is 1. The number of benzene rings is 1. The Morgan fingerprint density at radius 2 is 1.88 bits per heavy atom. The molecule has 2 N–H and O–H groups in total. The highest BCUT2D eigenvalue weighted by molar-refractivity contribution is 5.56. The molecular weight excluding hydrogens is 203 g/mol. The van der Waals surface area contributed by atoms with Gasteiger partial charge in [0.2, 0.25) is 0 Å². The molecule has 2 aromatic rings. The van der Waals surface area contributed by atoms with Crippen LogP contribution >= 0.6 is 0 Å². The first kappa shape index (κ1) is 10.2. The lowest BCUT2D eigenvalue weighted by molar-refractivity contribution is 0.621. The van der Waals surface area contributed by atoms with E-state index in [9.17, 15) is 4.39 Å². The second-order valence-corrected chi connectivity index (χ2v) is 3.20. The molecule has 0 bridgehead atoms. The molecule has 0 aliphatic rings. The van der Waals surface area contributed by atoms with E-state index in [4.69, 9.17) is 5.73 Å². The number of halogens is 1. The highest BCUT2D eigenvalue weighted by Crippen LogP contribution is 2.08. The summed E-state index contributed by atoms with van der Waals surface area (Å²) < 4.78 is 12.6. The van der Waals surface area contributed by atoms with Crippen LogP contribution in [0.4, 0.5) is 10.1 Å². The molecule has 0 saturated heterocycles. The Kier molecular flexibility index (Phi) is 2.84. The van der Waals surface area contributed by atoms with Crippen LogP contribution in [-0.4, -0.2) is 4.98 Å². The summed E-state index contributed by atoms with van der Waals surface area (Å²) in [7, 11) is 0. The second kappa shape index (κ2) is 4.45. The molecule has 0 saturated carbocycles. The molecule has 0 radical (unpaired) electrons. The fourth-order valence-electron chi connectivity index (χ4n) is 1.19. The molecule has 2 nitrogen and oxygen atoms in total. The lowest BCUT2D eigenvalue weighted by Gasteiger charge is -1.95. The molecule has 0 fully saturated rings. The van der Waals surface area contributed by atoms with Crippen molar-refractivity contribution in [2.75, 3.05) is 5.73 Å². The molecule has 3 heteroatoms. The van der Waals surface area contributed by atoms with Gasteiger partial charge in [0, 0.05) is 11.3 Å². The minimum atomic E-state index is -0.371. The van der Waals surface area contributed by atoms with E-state index in [-0.39, 0.29) is 5.82 Å². The van der Waals surface area contributed by atoms with Crippen molar-refractivity contribution < 1.29 is 4.39 Å². The van der Waals surface area contributed by atoms with Crippen molar-refractivity contribution in [3.63, 3.8) is 0 Å². The van der Waals surface area contributed by atoms with Gasteiger partial charge in [-0.1, -0.05) is 18.1 Å². The number of nitrogens with two attached hydrogens (primary N) is 1. The van der Waals surface area contributed by atoms with Crippen molar-refractivity contribution in [1.82, 2.24) is 4.98 Å². The minimum Gasteiger partial charge on any atom is -0.398 e. The van der Waals surface area contributed by atoms with E-state index < -0.39 is 0 Å². The van der Waals surface area contributed by atoms with Crippen LogP contribution in [-0.2, 0) is 0 Å². The molecule has 0 spiro atoms. The summed E-state index contributed by atoms with van der Waals surface area (Å²) in [5.41, 5.74) is 7.61. The summed E-state index contributed by atoms with van der Waals surface area (Å²) in [6, 6.07) is 10.2. The van der Waals surface area contributed by atoms with Crippen molar-refractivity contribution in [2.45, 2.75) is 0 Å². The number of hydrogen-bond donors (Lipinski definition) is 1. The average Bonchev–Trinajstić information content (AvgIpc) is 2.30. The van der Waals surface area contributed by atoms with Gasteiger partial charge in [0.15, 0.2) is 0 Å². The van der Waals surface area contributed by atoms with Gasteiger partial charge in [-0.2, -0.15) is 0 Å². The van der Waals surface area contributed by atoms with Crippen molar-refractivity contribution in [1.29, 1.82) is 0 Å². The number of nitrogens with zero attached hydrogens (tertiary/aromatic N) is 1. The van der Waals surface area contributed by atoms with Gasteiger partial charge < -0.3 is 5.73 Å².